The highest BCUT2D eigenvalue weighted by Crippen LogP contribution is 2.40. The third kappa shape index (κ3) is 5.44. The summed E-state index contributed by atoms with van der Waals surface area (Å²) in [6, 6.07) is 15.4. The largest absolute Gasteiger partial charge is 0.497 e. The van der Waals surface area contributed by atoms with Crippen molar-refractivity contribution in [2.75, 3.05) is 33.9 Å². The number of aliphatic hydroxyl groups excluding tert-OH is 1. The number of hydrogen-bond acceptors (Lipinski definition) is 9. The Morgan fingerprint density at radius 3 is 1.97 bits per heavy atom. The van der Waals surface area contributed by atoms with Crippen molar-refractivity contribution < 1.29 is 28.8 Å². The summed E-state index contributed by atoms with van der Waals surface area (Å²) in [6.07, 6.45) is -0.159. The number of hydrogen-bond donors (Lipinski definition) is 1. The average molecular weight is 501 g/mol. The van der Waals surface area contributed by atoms with E-state index in [4.69, 9.17) is 28.7 Å². The van der Waals surface area contributed by atoms with E-state index in [1.54, 1.807) is 26.0 Å². The second-order valence-corrected chi connectivity index (χ2v) is 9.90. The minimum atomic E-state index is -0.506. The van der Waals surface area contributed by atoms with E-state index < -0.39 is 12.2 Å². The maximum Gasteiger partial charge on any atom is 0.162 e. The van der Waals surface area contributed by atoms with Crippen LogP contribution >= 0.6 is 11.8 Å². The van der Waals surface area contributed by atoms with E-state index in [0.717, 1.165) is 40.9 Å². The number of aliphatic imine (C=N–C) groups is 1. The molecule has 2 aromatic rings. The Morgan fingerprint density at radius 2 is 1.49 bits per heavy atom. The zero-order chi connectivity index (χ0) is 24.2. The first kappa shape index (κ1) is 24.4. The molecule has 3 aliphatic heterocycles. The van der Waals surface area contributed by atoms with Crippen molar-refractivity contribution in [2.24, 2.45) is 4.99 Å². The molecule has 0 radical (unpaired) electrons. The van der Waals surface area contributed by atoms with Gasteiger partial charge in [0.15, 0.2) is 5.17 Å². The number of aliphatic hydroxyl groups is 1. The molecule has 0 unspecified atom stereocenters. The molecule has 1 N–H and O–H groups in total. The van der Waals surface area contributed by atoms with Crippen LogP contribution in [0.25, 0.3) is 0 Å². The maximum absolute atomic E-state index is 10.2. The molecule has 2 saturated heterocycles. The lowest BCUT2D eigenvalue weighted by Gasteiger charge is -2.42. The van der Waals surface area contributed by atoms with Gasteiger partial charge in [-0.2, -0.15) is 0 Å². The molecule has 3 aliphatic rings. The average Bonchev–Trinajstić information content (AvgIpc) is 3.28. The van der Waals surface area contributed by atoms with Gasteiger partial charge in [-0.25, -0.2) is 0 Å². The van der Waals surface area contributed by atoms with Gasteiger partial charge in [-0.3, -0.25) is 4.99 Å². The van der Waals surface area contributed by atoms with Crippen LogP contribution in [0, 0.1) is 0 Å². The second kappa shape index (κ2) is 11.2. The molecule has 3 heterocycles. The van der Waals surface area contributed by atoms with E-state index >= 15 is 0 Å². The summed E-state index contributed by atoms with van der Waals surface area (Å²) in [6.45, 7) is 2.65. The van der Waals surface area contributed by atoms with Crippen LogP contribution in [-0.2, 0) is 27.4 Å². The van der Waals surface area contributed by atoms with Crippen molar-refractivity contribution >= 4 is 16.9 Å². The van der Waals surface area contributed by atoms with Gasteiger partial charge in [0.2, 0.25) is 0 Å². The smallest absolute Gasteiger partial charge is 0.162 e. The Bertz CT molecular complexity index is 998. The van der Waals surface area contributed by atoms with Crippen LogP contribution in [0.5, 0.6) is 11.5 Å². The molecule has 2 fully saturated rings. The zero-order valence-corrected chi connectivity index (χ0v) is 20.9. The highest BCUT2D eigenvalue weighted by molar-refractivity contribution is 8.14. The fourth-order valence-corrected chi connectivity index (χ4v) is 5.69. The number of amidine groups is 1. The minimum absolute atomic E-state index is 0.154. The third-order valence-corrected chi connectivity index (χ3v) is 7.80. The summed E-state index contributed by atoms with van der Waals surface area (Å²) in [5.74, 6) is 1.60. The number of benzene rings is 2. The molecule has 5 atom stereocenters. The van der Waals surface area contributed by atoms with E-state index in [2.05, 4.69) is 4.90 Å². The molecule has 8 nitrogen and oxygen atoms in total. The lowest BCUT2D eigenvalue weighted by Crippen LogP contribution is -2.57. The van der Waals surface area contributed by atoms with Gasteiger partial charge in [-0.1, -0.05) is 36.0 Å². The lowest BCUT2D eigenvalue weighted by atomic mass is 9.97. The van der Waals surface area contributed by atoms with Crippen LogP contribution in [0.1, 0.15) is 17.5 Å². The van der Waals surface area contributed by atoms with Crippen LogP contribution in [0.15, 0.2) is 53.5 Å². The molecular formula is C26H32N2O6S. The van der Waals surface area contributed by atoms with Gasteiger partial charge in [0, 0.05) is 13.1 Å². The van der Waals surface area contributed by atoms with E-state index in [-0.39, 0.29) is 24.2 Å². The van der Waals surface area contributed by atoms with E-state index in [0.29, 0.717) is 13.2 Å². The SMILES string of the molecule is COc1ccc(CO[C@@H]2[C@H]3N=C(N4CCC4)S[C@H]3O[C@H](CO)[C@H]2OCc2ccc(OC)cc2)cc1. The van der Waals surface area contributed by atoms with Crippen LogP contribution in [0.3, 0.4) is 0 Å². The highest BCUT2D eigenvalue weighted by Gasteiger charge is 2.51. The van der Waals surface area contributed by atoms with Crippen molar-refractivity contribution in [3.63, 3.8) is 0 Å². The van der Waals surface area contributed by atoms with Gasteiger partial charge >= 0.3 is 0 Å². The molecule has 0 amide bonds. The molecule has 188 valence electrons. The summed E-state index contributed by atoms with van der Waals surface area (Å²) in [4.78, 5) is 7.28. The maximum atomic E-state index is 10.2. The van der Waals surface area contributed by atoms with E-state index in [1.807, 2.05) is 48.5 Å². The first-order valence-electron chi connectivity index (χ1n) is 11.9. The van der Waals surface area contributed by atoms with Gasteiger partial charge in [0.1, 0.15) is 41.3 Å². The quantitative estimate of drug-likeness (QED) is 0.563. The standard InChI is InChI=1S/C26H32N2O6S/c1-30-19-8-4-17(5-9-19)15-32-23-21(14-29)34-25-22(27-26(35-25)28-12-3-13-28)24(23)33-16-18-6-10-20(31-2)11-7-18/h4-11,21-25,29H,3,12-16H2,1-2H3/t21-,22-,23-,24-,25-/m1/s1. The second-order valence-electron chi connectivity index (χ2n) is 8.83. The molecule has 0 saturated carbocycles. The number of methoxy groups -OCH3 is 2. The summed E-state index contributed by atoms with van der Waals surface area (Å²) in [5.41, 5.74) is 1.83. The zero-order valence-electron chi connectivity index (χ0n) is 20.0. The monoisotopic (exact) mass is 500 g/mol. The molecular weight excluding hydrogens is 468 g/mol. The normalized spacial score (nSPS) is 27.7. The molecule has 0 aromatic heterocycles. The number of fused-ring (bicyclic) bond motifs is 1. The highest BCUT2D eigenvalue weighted by atomic mass is 32.2. The van der Waals surface area contributed by atoms with Gasteiger partial charge < -0.3 is 33.7 Å². The predicted molar refractivity (Wildman–Crippen MR) is 134 cm³/mol. The van der Waals surface area contributed by atoms with Crippen LogP contribution in [0.2, 0.25) is 0 Å². The predicted octanol–water partition coefficient (Wildman–Crippen LogP) is 3.07. The summed E-state index contributed by atoms with van der Waals surface area (Å²) in [5, 5.41) is 11.2. The Kier molecular flexibility index (Phi) is 7.79. The molecule has 2 aromatic carbocycles. The summed E-state index contributed by atoms with van der Waals surface area (Å²) in [7, 11) is 3.30. The van der Waals surface area contributed by atoms with Gasteiger partial charge in [-0.05, 0) is 41.8 Å². The Hall–Kier alpha value is -2.30. The van der Waals surface area contributed by atoms with Crippen LogP contribution < -0.4 is 9.47 Å². The molecule has 0 bridgehead atoms. The van der Waals surface area contributed by atoms with Gasteiger partial charge in [-0.15, -0.1) is 0 Å². The molecule has 35 heavy (non-hydrogen) atoms. The first-order valence-corrected chi connectivity index (χ1v) is 12.8. The van der Waals surface area contributed by atoms with Crippen molar-refractivity contribution in [1.29, 1.82) is 0 Å². The van der Waals surface area contributed by atoms with Crippen molar-refractivity contribution in [3.8, 4) is 11.5 Å². The number of nitrogens with zero attached hydrogens (tertiary/aromatic N) is 2. The Morgan fingerprint density at radius 1 is 0.914 bits per heavy atom. The number of ether oxygens (including phenoxy) is 5. The number of likely N-dealkylation sites (tertiary alicyclic amines) is 1. The van der Waals surface area contributed by atoms with Gasteiger partial charge in [0.05, 0.1) is 34.0 Å². The molecule has 0 aliphatic carbocycles. The van der Waals surface area contributed by atoms with Crippen LogP contribution in [0.4, 0.5) is 0 Å². The first-order chi connectivity index (χ1) is 17.2. The molecule has 9 heteroatoms. The summed E-state index contributed by atoms with van der Waals surface area (Å²) < 4.78 is 29.7. The molecule has 5 rings (SSSR count). The Balaban J connectivity index is 1.35. The summed E-state index contributed by atoms with van der Waals surface area (Å²) >= 11 is 1.63. The third-order valence-electron chi connectivity index (χ3n) is 6.61. The topological polar surface area (TPSA) is 82.0 Å². The molecule has 0 spiro atoms. The van der Waals surface area contributed by atoms with Crippen molar-refractivity contribution in [3.05, 3.63) is 59.7 Å². The van der Waals surface area contributed by atoms with E-state index in [1.165, 1.54) is 6.42 Å². The van der Waals surface area contributed by atoms with Crippen molar-refractivity contribution in [2.45, 2.75) is 49.4 Å². The minimum Gasteiger partial charge on any atom is -0.497 e. The fraction of sp³-hybridized carbons (Fsp3) is 0.500. The van der Waals surface area contributed by atoms with Crippen molar-refractivity contribution in [1.82, 2.24) is 4.90 Å². The number of thioether (sulfide) groups is 1. The Labute approximate surface area is 210 Å². The van der Waals surface area contributed by atoms with E-state index in [9.17, 15) is 5.11 Å². The lowest BCUT2D eigenvalue weighted by molar-refractivity contribution is -0.205. The van der Waals surface area contributed by atoms with Crippen LogP contribution in [-0.4, -0.2) is 78.9 Å². The van der Waals surface area contributed by atoms with Gasteiger partial charge in [0.25, 0.3) is 0 Å². The fourth-order valence-electron chi connectivity index (χ4n) is 4.42. The number of rotatable bonds is 9.